The minimum Gasteiger partial charge on any atom is -0.0516 e. The standard InChI is InChI=1S/C7H10N2/c1-2-4-7-6(3-1)5-8-9-7/h5-6H,1-4H2/q+1. The molecule has 9 heavy (non-hydrogen) atoms. The molecule has 0 aromatic heterocycles. The van der Waals surface area contributed by atoms with Crippen molar-refractivity contribution < 1.29 is 0 Å². The Morgan fingerprint density at radius 3 is 3.44 bits per heavy atom. The summed E-state index contributed by atoms with van der Waals surface area (Å²) in [5.74, 6) is 0.624. The van der Waals surface area contributed by atoms with Gasteiger partial charge in [0.15, 0.2) is 5.10 Å². The van der Waals surface area contributed by atoms with E-state index < -0.39 is 0 Å². The van der Waals surface area contributed by atoms with Crippen LogP contribution in [-0.4, -0.2) is 11.9 Å². The van der Waals surface area contributed by atoms with Gasteiger partial charge in [-0.1, -0.05) is 6.42 Å². The molecule has 1 unspecified atom stereocenters. The van der Waals surface area contributed by atoms with Crippen molar-refractivity contribution in [3.8, 4) is 0 Å². The van der Waals surface area contributed by atoms with Crippen molar-refractivity contribution in [3.63, 3.8) is 0 Å². The predicted molar refractivity (Wildman–Crippen MR) is 37.6 cm³/mol. The van der Waals surface area contributed by atoms with Gasteiger partial charge >= 0.3 is 0 Å². The zero-order valence-corrected chi connectivity index (χ0v) is 5.38. The number of rotatable bonds is 0. The third kappa shape index (κ3) is 0.784. The smallest absolute Gasteiger partial charge is 0.0516 e. The van der Waals surface area contributed by atoms with E-state index in [1.54, 1.807) is 0 Å². The van der Waals surface area contributed by atoms with Crippen LogP contribution in [0.25, 0.3) is 0 Å². The van der Waals surface area contributed by atoms with E-state index in [9.17, 15) is 0 Å². The van der Waals surface area contributed by atoms with Gasteiger partial charge in [0.05, 0.1) is 17.2 Å². The maximum absolute atomic E-state index is 4.04. The lowest BCUT2D eigenvalue weighted by Crippen LogP contribution is -2.18. The van der Waals surface area contributed by atoms with Crippen molar-refractivity contribution in [1.82, 2.24) is 5.10 Å². The van der Waals surface area contributed by atoms with Crippen LogP contribution in [0.15, 0.2) is 5.10 Å². The Labute approximate surface area is 54.7 Å². The normalized spacial score (nSPS) is 32.0. The molecule has 47 valence electrons. The highest BCUT2D eigenvalue weighted by atomic mass is 15.2. The van der Waals surface area contributed by atoms with Crippen LogP contribution in [0.2, 0.25) is 0 Å². The molecule has 0 aromatic rings. The number of hydrogen-bond acceptors (Lipinski definition) is 2. The summed E-state index contributed by atoms with van der Waals surface area (Å²) in [5, 5.41) is 7.93. The first-order valence-electron chi connectivity index (χ1n) is 3.57. The maximum Gasteiger partial charge on any atom is 0.275 e. The zero-order chi connectivity index (χ0) is 6.10. The maximum atomic E-state index is 4.04. The minimum absolute atomic E-state index is 0.624. The van der Waals surface area contributed by atoms with Gasteiger partial charge in [-0.3, -0.25) is 0 Å². The first-order chi connectivity index (χ1) is 4.47. The Bertz CT molecular complexity index is 170. The highest BCUT2D eigenvalue weighted by Crippen LogP contribution is 2.20. The van der Waals surface area contributed by atoms with Crippen molar-refractivity contribution in [2.75, 3.05) is 0 Å². The molecule has 1 aliphatic carbocycles. The lowest BCUT2D eigenvalue weighted by atomic mass is 9.89. The monoisotopic (exact) mass is 122 g/mol. The van der Waals surface area contributed by atoms with Gasteiger partial charge in [-0.15, -0.1) is 0 Å². The third-order valence-corrected chi connectivity index (χ3v) is 2.06. The van der Waals surface area contributed by atoms with Crippen molar-refractivity contribution in [3.05, 3.63) is 0 Å². The van der Waals surface area contributed by atoms with E-state index in [0.717, 1.165) is 0 Å². The molecule has 1 atom stereocenters. The summed E-state index contributed by atoms with van der Waals surface area (Å²) in [4.78, 5) is 0. The van der Waals surface area contributed by atoms with Gasteiger partial charge in [-0.25, -0.2) is 0 Å². The molecular weight excluding hydrogens is 112 g/mol. The Balaban J connectivity index is 2.16. The fourth-order valence-corrected chi connectivity index (χ4v) is 1.50. The van der Waals surface area contributed by atoms with Crippen LogP contribution < -0.4 is 5.10 Å². The van der Waals surface area contributed by atoms with E-state index in [2.05, 4.69) is 10.2 Å². The first-order valence-corrected chi connectivity index (χ1v) is 3.57. The second-order valence-electron chi connectivity index (χ2n) is 2.71. The van der Waals surface area contributed by atoms with Crippen LogP contribution in [0.1, 0.15) is 25.7 Å². The van der Waals surface area contributed by atoms with Crippen LogP contribution >= 0.6 is 0 Å². The largest absolute Gasteiger partial charge is 0.275 e. The van der Waals surface area contributed by atoms with Crippen molar-refractivity contribution in [2.45, 2.75) is 25.7 Å². The molecule has 2 heteroatoms. The quantitative estimate of drug-likeness (QED) is 0.457. The fourth-order valence-electron chi connectivity index (χ4n) is 1.50. The molecule has 1 radical (unpaired) electrons. The van der Waals surface area contributed by atoms with Gasteiger partial charge in [0.1, 0.15) is 0 Å². The summed E-state index contributed by atoms with van der Waals surface area (Å²) >= 11 is 0. The number of fused-ring (bicyclic) bond motifs is 1. The molecule has 0 spiro atoms. The molecule has 0 N–H and O–H groups in total. The summed E-state index contributed by atoms with van der Waals surface area (Å²) in [7, 11) is 0. The molecule has 2 rings (SSSR count). The molecule has 0 bridgehead atoms. The lowest BCUT2D eigenvalue weighted by molar-refractivity contribution is 0.622. The topological polar surface area (TPSA) is 26.5 Å². The number of hydrogen-bond donors (Lipinski definition) is 0. The first kappa shape index (κ1) is 5.15. The molecule has 0 saturated heterocycles. The minimum atomic E-state index is 0.624. The molecule has 0 aromatic carbocycles. The van der Waals surface area contributed by atoms with E-state index in [1.807, 2.05) is 6.21 Å². The van der Waals surface area contributed by atoms with E-state index in [4.69, 9.17) is 0 Å². The predicted octanol–water partition coefficient (Wildman–Crippen LogP) is 0.953. The van der Waals surface area contributed by atoms with E-state index in [-0.39, 0.29) is 0 Å². The van der Waals surface area contributed by atoms with Gasteiger partial charge in [-0.2, -0.15) is 0 Å². The molecule has 1 heterocycles. The van der Waals surface area contributed by atoms with Crippen LogP contribution in [-0.2, 0) is 0 Å². The van der Waals surface area contributed by atoms with E-state index in [0.29, 0.717) is 5.92 Å². The molecule has 2 nitrogen and oxygen atoms in total. The van der Waals surface area contributed by atoms with Gasteiger partial charge in [-0.05, 0) is 12.8 Å². The van der Waals surface area contributed by atoms with Crippen LogP contribution in [0.3, 0.4) is 0 Å². The summed E-state index contributed by atoms with van der Waals surface area (Å²) in [6.07, 6.45) is 7.12. The van der Waals surface area contributed by atoms with Crippen molar-refractivity contribution in [1.29, 1.82) is 0 Å². The van der Waals surface area contributed by atoms with Gasteiger partial charge in [0.2, 0.25) is 0 Å². The molecule has 0 amide bonds. The Morgan fingerprint density at radius 2 is 2.56 bits per heavy atom. The second kappa shape index (κ2) is 1.94. The SMILES string of the molecule is C1=N[N+]=C2CCCCC12. The number of nitrogens with zero attached hydrogens (tertiary/aromatic N) is 2. The van der Waals surface area contributed by atoms with Crippen molar-refractivity contribution in [2.24, 2.45) is 11.0 Å². The fraction of sp³-hybridized carbons (Fsp3) is 0.714. The van der Waals surface area contributed by atoms with Gasteiger partial charge in [0.25, 0.3) is 5.71 Å². The molecular formula is C7H10N2+. The van der Waals surface area contributed by atoms with Gasteiger partial charge < -0.3 is 0 Å². The highest BCUT2D eigenvalue weighted by Gasteiger charge is 2.31. The average molecular weight is 122 g/mol. The van der Waals surface area contributed by atoms with E-state index in [1.165, 1.54) is 31.4 Å². The molecule has 2 aliphatic rings. The molecule has 1 fully saturated rings. The Kier molecular flexibility index (Phi) is 1.11. The zero-order valence-electron chi connectivity index (χ0n) is 5.38. The third-order valence-electron chi connectivity index (χ3n) is 2.06. The summed E-state index contributed by atoms with van der Waals surface area (Å²) in [5.41, 5.74) is 1.32. The van der Waals surface area contributed by atoms with Crippen LogP contribution in [0, 0.1) is 5.92 Å². The Morgan fingerprint density at radius 1 is 1.56 bits per heavy atom. The summed E-state index contributed by atoms with van der Waals surface area (Å²) in [6, 6.07) is 0. The van der Waals surface area contributed by atoms with Crippen LogP contribution in [0.5, 0.6) is 0 Å². The van der Waals surface area contributed by atoms with Crippen LogP contribution in [0.4, 0.5) is 0 Å². The van der Waals surface area contributed by atoms with Crippen molar-refractivity contribution >= 4 is 11.9 Å². The molecule has 1 aliphatic heterocycles. The second-order valence-corrected chi connectivity index (χ2v) is 2.71. The Hall–Kier alpha value is -0.660. The van der Waals surface area contributed by atoms with E-state index >= 15 is 0 Å². The highest BCUT2D eigenvalue weighted by molar-refractivity contribution is 6.00. The van der Waals surface area contributed by atoms with Gasteiger partial charge in [0, 0.05) is 6.42 Å². The summed E-state index contributed by atoms with van der Waals surface area (Å²) in [6.45, 7) is 0. The molecule has 1 saturated carbocycles. The lowest BCUT2D eigenvalue weighted by Gasteiger charge is -2.08. The average Bonchev–Trinajstić information content (AvgIpc) is 2.33. The summed E-state index contributed by atoms with van der Waals surface area (Å²) < 4.78 is 0.